The van der Waals surface area contributed by atoms with Crippen LogP contribution in [0.4, 0.5) is 0 Å². The van der Waals surface area contributed by atoms with Crippen molar-refractivity contribution in [3.05, 3.63) is 63.5 Å². The number of benzene rings is 1. The third-order valence-corrected chi connectivity index (χ3v) is 5.38. The van der Waals surface area contributed by atoms with E-state index < -0.39 is 35.4 Å². The van der Waals surface area contributed by atoms with Gasteiger partial charge in [0.2, 0.25) is 0 Å². The van der Waals surface area contributed by atoms with Crippen molar-refractivity contribution < 1.29 is 28.2 Å². The second kappa shape index (κ2) is 8.41. The van der Waals surface area contributed by atoms with Crippen molar-refractivity contribution >= 4 is 22.9 Å². The summed E-state index contributed by atoms with van der Waals surface area (Å²) in [7, 11) is 0. The number of carbonyl (C=O) groups is 2. The number of fused-ring (bicyclic) bond motifs is 3. The summed E-state index contributed by atoms with van der Waals surface area (Å²) in [5.41, 5.74) is -0.224. The maximum absolute atomic E-state index is 12.7. The maximum atomic E-state index is 12.7. The molecule has 0 spiro atoms. The zero-order valence-corrected chi connectivity index (χ0v) is 18.5. The SMILES string of the molecule is C/C=C(/C)C(=O)O[C@H]1[C@@H](OC(=O)/C(C)=C/C)c2c(ccc3ccc(=O)oc23)OC1(C)C. The van der Waals surface area contributed by atoms with Crippen molar-refractivity contribution in [2.75, 3.05) is 0 Å². The minimum absolute atomic E-state index is 0.222. The number of hydrogen-bond donors (Lipinski definition) is 0. The van der Waals surface area contributed by atoms with Crippen LogP contribution in [0.15, 0.2) is 56.8 Å². The molecule has 2 aromatic rings. The van der Waals surface area contributed by atoms with Crippen LogP contribution >= 0.6 is 0 Å². The molecule has 0 aliphatic carbocycles. The summed E-state index contributed by atoms with van der Waals surface area (Å²) in [6.45, 7) is 10.2. The van der Waals surface area contributed by atoms with E-state index in [0.717, 1.165) is 0 Å². The average Bonchev–Trinajstić information content (AvgIpc) is 2.73. The fraction of sp³-hybridized carbons (Fsp3) is 0.375. The summed E-state index contributed by atoms with van der Waals surface area (Å²) in [6, 6.07) is 6.39. The van der Waals surface area contributed by atoms with Crippen LogP contribution in [0, 0.1) is 0 Å². The number of hydrogen-bond acceptors (Lipinski definition) is 7. The third-order valence-electron chi connectivity index (χ3n) is 5.38. The first-order chi connectivity index (χ1) is 14.6. The Morgan fingerprint density at radius 3 is 2.16 bits per heavy atom. The van der Waals surface area contributed by atoms with Crippen molar-refractivity contribution in [2.45, 2.75) is 59.4 Å². The van der Waals surface area contributed by atoms with Crippen LogP contribution in [0.3, 0.4) is 0 Å². The van der Waals surface area contributed by atoms with Gasteiger partial charge in [-0.1, -0.05) is 12.2 Å². The predicted molar refractivity (Wildman–Crippen MR) is 115 cm³/mol. The third kappa shape index (κ3) is 4.26. The quantitative estimate of drug-likeness (QED) is 0.407. The lowest BCUT2D eigenvalue weighted by Gasteiger charge is -2.43. The largest absolute Gasteiger partial charge is 0.483 e. The molecular formula is C24H26O7. The van der Waals surface area contributed by atoms with Gasteiger partial charge in [0.1, 0.15) is 16.9 Å². The van der Waals surface area contributed by atoms with Crippen LogP contribution in [-0.4, -0.2) is 23.6 Å². The summed E-state index contributed by atoms with van der Waals surface area (Å²) in [4.78, 5) is 37.3. The highest BCUT2D eigenvalue weighted by Crippen LogP contribution is 2.46. The molecule has 1 aliphatic heterocycles. The molecule has 164 valence electrons. The van der Waals surface area contributed by atoms with Gasteiger partial charge in [-0.25, -0.2) is 14.4 Å². The van der Waals surface area contributed by atoms with E-state index in [2.05, 4.69) is 0 Å². The van der Waals surface area contributed by atoms with Crippen molar-refractivity contribution in [3.63, 3.8) is 0 Å². The van der Waals surface area contributed by atoms with E-state index in [0.29, 0.717) is 27.8 Å². The van der Waals surface area contributed by atoms with Gasteiger partial charge in [-0.2, -0.15) is 0 Å². The van der Waals surface area contributed by atoms with Crippen LogP contribution in [0.5, 0.6) is 5.75 Å². The van der Waals surface area contributed by atoms with Gasteiger partial charge in [-0.3, -0.25) is 0 Å². The molecule has 0 N–H and O–H groups in total. The molecule has 0 bridgehead atoms. The fourth-order valence-electron chi connectivity index (χ4n) is 3.33. The Morgan fingerprint density at radius 1 is 0.968 bits per heavy atom. The first kappa shape index (κ1) is 22.3. The maximum Gasteiger partial charge on any atom is 0.336 e. The van der Waals surface area contributed by atoms with Crippen molar-refractivity contribution in [1.82, 2.24) is 0 Å². The van der Waals surface area contributed by atoms with Crippen LogP contribution in [0.25, 0.3) is 11.0 Å². The minimum Gasteiger partial charge on any atom is -0.483 e. The molecular weight excluding hydrogens is 400 g/mol. The van der Waals surface area contributed by atoms with Gasteiger partial charge >= 0.3 is 17.6 Å². The van der Waals surface area contributed by atoms with E-state index in [4.69, 9.17) is 18.6 Å². The molecule has 7 heteroatoms. The Morgan fingerprint density at radius 2 is 1.55 bits per heavy atom. The van der Waals surface area contributed by atoms with Gasteiger partial charge in [-0.05, 0) is 59.7 Å². The Bertz CT molecular complexity index is 1150. The molecule has 7 nitrogen and oxygen atoms in total. The molecule has 0 amide bonds. The standard InChI is InChI=1S/C24H26O7/c1-7-13(3)22(26)29-20-18-16(11-9-15-10-12-17(25)28-19(15)18)31-24(5,6)21(20)30-23(27)14(4)8-2/h7-12,20-21H,1-6H3/b13-7+,14-8-/t20-,21-/m0/s1. The predicted octanol–water partition coefficient (Wildman–Crippen LogP) is 4.39. The van der Waals surface area contributed by atoms with E-state index in [-0.39, 0.29) is 5.58 Å². The minimum atomic E-state index is -1.05. The monoisotopic (exact) mass is 426 g/mol. The molecule has 1 aromatic heterocycles. The smallest absolute Gasteiger partial charge is 0.336 e. The topological polar surface area (TPSA) is 92.0 Å². The van der Waals surface area contributed by atoms with Crippen molar-refractivity contribution in [2.24, 2.45) is 0 Å². The van der Waals surface area contributed by atoms with Gasteiger partial charge in [0.25, 0.3) is 0 Å². The Kier molecular flexibility index (Phi) is 6.06. The van der Waals surface area contributed by atoms with Gasteiger partial charge in [0.15, 0.2) is 12.2 Å². The zero-order chi connectivity index (χ0) is 22.9. The summed E-state index contributed by atoms with van der Waals surface area (Å²) >= 11 is 0. The van der Waals surface area contributed by atoms with E-state index >= 15 is 0 Å². The van der Waals surface area contributed by atoms with Gasteiger partial charge < -0.3 is 18.6 Å². The van der Waals surface area contributed by atoms with Gasteiger partial charge in [0.05, 0.1) is 5.56 Å². The molecule has 2 heterocycles. The molecule has 0 saturated heterocycles. The van der Waals surface area contributed by atoms with E-state index in [1.54, 1.807) is 71.9 Å². The molecule has 0 saturated carbocycles. The number of ether oxygens (including phenoxy) is 3. The molecule has 31 heavy (non-hydrogen) atoms. The lowest BCUT2D eigenvalue weighted by molar-refractivity contribution is -0.185. The second-order valence-corrected chi connectivity index (χ2v) is 7.95. The first-order valence-corrected chi connectivity index (χ1v) is 10.0. The van der Waals surface area contributed by atoms with E-state index in [1.165, 1.54) is 6.07 Å². The molecule has 0 radical (unpaired) electrons. The number of carbonyl (C=O) groups excluding carboxylic acids is 2. The Hall–Kier alpha value is -3.35. The number of allylic oxidation sites excluding steroid dienone is 2. The zero-order valence-electron chi connectivity index (χ0n) is 18.5. The Balaban J connectivity index is 2.23. The van der Waals surface area contributed by atoms with Crippen LogP contribution in [0.2, 0.25) is 0 Å². The highest BCUT2D eigenvalue weighted by molar-refractivity contribution is 5.90. The summed E-state index contributed by atoms with van der Waals surface area (Å²) in [5, 5.41) is 0.625. The lowest BCUT2D eigenvalue weighted by atomic mass is 9.87. The Labute approximate surface area is 180 Å². The lowest BCUT2D eigenvalue weighted by Crippen LogP contribution is -2.52. The molecule has 1 aliphatic rings. The molecule has 1 aromatic carbocycles. The molecule has 0 unspecified atom stereocenters. The highest BCUT2D eigenvalue weighted by atomic mass is 16.6. The fourth-order valence-corrected chi connectivity index (χ4v) is 3.33. The summed E-state index contributed by atoms with van der Waals surface area (Å²) in [5.74, 6) is -0.744. The van der Waals surface area contributed by atoms with E-state index in [1.807, 2.05) is 0 Å². The number of rotatable bonds is 4. The van der Waals surface area contributed by atoms with Gasteiger partial charge in [-0.15, -0.1) is 0 Å². The molecule has 0 fully saturated rings. The number of esters is 2. The van der Waals surface area contributed by atoms with Crippen molar-refractivity contribution in [1.29, 1.82) is 0 Å². The van der Waals surface area contributed by atoms with Crippen molar-refractivity contribution in [3.8, 4) is 5.75 Å². The van der Waals surface area contributed by atoms with Gasteiger partial charge in [0, 0.05) is 22.6 Å². The van der Waals surface area contributed by atoms with Crippen LogP contribution in [-0.2, 0) is 19.1 Å². The first-order valence-electron chi connectivity index (χ1n) is 10.0. The normalized spacial score (nSPS) is 20.6. The molecule has 3 rings (SSSR count). The van der Waals surface area contributed by atoms with Crippen LogP contribution in [0.1, 0.15) is 53.2 Å². The van der Waals surface area contributed by atoms with Crippen LogP contribution < -0.4 is 10.4 Å². The second-order valence-electron chi connectivity index (χ2n) is 7.95. The molecule has 2 atom stereocenters. The highest BCUT2D eigenvalue weighted by Gasteiger charge is 2.50. The van der Waals surface area contributed by atoms with E-state index in [9.17, 15) is 14.4 Å². The summed E-state index contributed by atoms with van der Waals surface area (Å²) < 4.78 is 23.2. The average molecular weight is 426 g/mol. The summed E-state index contributed by atoms with van der Waals surface area (Å²) in [6.07, 6.45) is 1.21.